The summed E-state index contributed by atoms with van der Waals surface area (Å²) in [4.78, 5) is 7.54. The Hall–Kier alpha value is -1.44. The molecule has 0 bridgehead atoms. The van der Waals surface area contributed by atoms with Gasteiger partial charge >= 0.3 is 0 Å². The number of aromatic nitrogens is 2. The lowest BCUT2D eigenvalue weighted by molar-refractivity contribution is 1.09. The second-order valence-electron chi connectivity index (χ2n) is 2.50. The minimum Gasteiger partial charge on any atom is -0.333 e. The van der Waals surface area contributed by atoms with Gasteiger partial charge in [0, 0.05) is 5.41 Å². The topological polar surface area (TPSA) is 28.7 Å². The van der Waals surface area contributed by atoms with Crippen molar-refractivity contribution in [1.29, 1.82) is 0 Å². The van der Waals surface area contributed by atoms with Gasteiger partial charge in [-0.25, -0.2) is 4.98 Å². The summed E-state index contributed by atoms with van der Waals surface area (Å²) in [5, 5.41) is 2.65. The molecule has 0 aliphatic carbocycles. The Kier molecular flexibility index (Phi) is 2.21. The number of nitrogens with zero attached hydrogens (tertiary/aromatic N) is 1. The molecule has 0 unspecified atom stereocenters. The van der Waals surface area contributed by atoms with E-state index in [4.69, 9.17) is 0 Å². The zero-order valence-corrected chi connectivity index (χ0v) is 7.77. The number of hydrogen-bond acceptors (Lipinski definition) is 2. The van der Waals surface area contributed by atoms with Crippen LogP contribution >= 0.6 is 11.8 Å². The van der Waals surface area contributed by atoms with Gasteiger partial charge in [0.25, 0.3) is 0 Å². The van der Waals surface area contributed by atoms with Gasteiger partial charge in [0.2, 0.25) is 0 Å². The summed E-state index contributed by atoms with van der Waals surface area (Å²) in [6.07, 6.45) is 0. The number of nitrogens with one attached hydrogen (secondary N) is 1. The first kappa shape index (κ1) is 8.17. The van der Waals surface area contributed by atoms with Crippen LogP contribution in [0.15, 0.2) is 47.1 Å². The molecule has 3 heteroatoms. The molecule has 0 radical (unpaired) electrons. The van der Waals surface area contributed by atoms with Crippen molar-refractivity contribution in [3.8, 4) is 0 Å². The van der Waals surface area contributed by atoms with E-state index in [2.05, 4.69) is 22.3 Å². The zero-order valence-electron chi connectivity index (χ0n) is 6.95. The third-order valence-electron chi connectivity index (χ3n) is 1.62. The summed E-state index contributed by atoms with van der Waals surface area (Å²) in [5.41, 5.74) is 4.73. The molecule has 0 spiro atoms. The molecular weight excluding hydrogens is 180 g/mol. The van der Waals surface area contributed by atoms with E-state index in [1.165, 1.54) is 11.8 Å². The molecule has 0 aliphatic heterocycles. The normalized spacial score (nSPS) is 9.85. The molecule has 2 rings (SSSR count). The summed E-state index contributed by atoms with van der Waals surface area (Å²) in [5.74, 6) is 0. The maximum Gasteiger partial charge on any atom is 0.171 e. The predicted molar refractivity (Wildman–Crippen MR) is 55.7 cm³/mol. The molecule has 2 aromatic rings. The van der Waals surface area contributed by atoms with Gasteiger partial charge in [0.15, 0.2) is 5.16 Å². The summed E-state index contributed by atoms with van der Waals surface area (Å²) < 4.78 is 0. The smallest absolute Gasteiger partial charge is 0.171 e. The van der Waals surface area contributed by atoms with Crippen LogP contribution in [0.2, 0.25) is 0 Å². The number of aromatic amines is 1. The van der Waals surface area contributed by atoms with Gasteiger partial charge < -0.3 is 4.98 Å². The molecule has 0 aliphatic rings. The number of fused-ring (bicyclic) bond motifs is 1. The van der Waals surface area contributed by atoms with E-state index in [9.17, 15) is 0 Å². The molecule has 0 saturated heterocycles. The Bertz CT molecular complexity index is 433. The number of hydrogen-bond donors (Lipinski definition) is 1. The SMILES string of the molecule is C=C=CSc1nc2ccccc2[nH]1. The Labute approximate surface area is 80.4 Å². The fraction of sp³-hybridized carbons (Fsp3) is 0. The quantitative estimate of drug-likeness (QED) is 0.579. The lowest BCUT2D eigenvalue weighted by Gasteiger charge is -1.82. The maximum atomic E-state index is 4.36. The fourth-order valence-corrected chi connectivity index (χ4v) is 1.60. The average Bonchev–Trinajstić information content (AvgIpc) is 2.57. The van der Waals surface area contributed by atoms with Crippen LogP contribution in [0, 0.1) is 0 Å². The second kappa shape index (κ2) is 3.52. The van der Waals surface area contributed by atoms with Crippen molar-refractivity contribution < 1.29 is 0 Å². The number of para-hydroxylation sites is 2. The molecule has 1 aromatic carbocycles. The van der Waals surface area contributed by atoms with Crippen LogP contribution in [0.1, 0.15) is 0 Å². The van der Waals surface area contributed by atoms with Gasteiger partial charge in [-0.1, -0.05) is 30.5 Å². The largest absolute Gasteiger partial charge is 0.333 e. The highest BCUT2D eigenvalue weighted by Gasteiger charge is 1.99. The van der Waals surface area contributed by atoms with Gasteiger partial charge in [0.05, 0.1) is 11.0 Å². The Balaban J connectivity index is 2.43. The number of thioether (sulfide) groups is 1. The average molecular weight is 188 g/mol. The van der Waals surface area contributed by atoms with Crippen molar-refractivity contribution in [2.45, 2.75) is 5.16 Å². The van der Waals surface area contributed by atoms with Crippen molar-refractivity contribution in [2.75, 3.05) is 0 Å². The molecule has 1 aromatic heterocycles. The van der Waals surface area contributed by atoms with E-state index in [0.29, 0.717) is 0 Å². The van der Waals surface area contributed by atoms with Crippen LogP contribution < -0.4 is 0 Å². The first-order valence-electron chi connectivity index (χ1n) is 3.86. The first-order valence-corrected chi connectivity index (χ1v) is 4.74. The standard InChI is InChI=1S/C10H8N2S/c1-2-7-13-10-11-8-5-3-4-6-9(8)12-10/h3-7H,1H2,(H,11,12). The van der Waals surface area contributed by atoms with Gasteiger partial charge in [0.1, 0.15) is 0 Å². The van der Waals surface area contributed by atoms with Crippen LogP contribution in [0.4, 0.5) is 0 Å². The summed E-state index contributed by atoms with van der Waals surface area (Å²) >= 11 is 1.48. The van der Waals surface area contributed by atoms with Crippen LogP contribution in [-0.4, -0.2) is 9.97 Å². The monoisotopic (exact) mass is 188 g/mol. The summed E-state index contributed by atoms with van der Waals surface area (Å²) in [7, 11) is 0. The molecule has 0 amide bonds. The van der Waals surface area contributed by atoms with Crippen LogP contribution in [0.3, 0.4) is 0 Å². The molecule has 0 fully saturated rings. The van der Waals surface area contributed by atoms with E-state index in [1.54, 1.807) is 5.41 Å². The Morgan fingerprint density at radius 1 is 1.46 bits per heavy atom. The minimum atomic E-state index is 0.873. The zero-order chi connectivity index (χ0) is 9.10. The minimum absolute atomic E-state index is 0.873. The predicted octanol–water partition coefficient (Wildman–Crippen LogP) is 2.95. The molecular formula is C10H8N2S. The first-order chi connectivity index (χ1) is 6.40. The summed E-state index contributed by atoms with van der Waals surface area (Å²) in [6, 6.07) is 7.94. The van der Waals surface area contributed by atoms with Gasteiger partial charge in [-0.2, -0.15) is 0 Å². The lowest BCUT2D eigenvalue weighted by atomic mass is 10.3. The van der Waals surface area contributed by atoms with Crippen molar-refractivity contribution >= 4 is 22.8 Å². The third kappa shape index (κ3) is 1.66. The maximum absolute atomic E-state index is 4.36. The highest BCUT2D eigenvalue weighted by Crippen LogP contribution is 2.19. The molecule has 0 atom stereocenters. The number of benzene rings is 1. The van der Waals surface area contributed by atoms with Crippen LogP contribution in [-0.2, 0) is 0 Å². The molecule has 2 nitrogen and oxygen atoms in total. The molecule has 1 N–H and O–H groups in total. The molecule has 0 saturated carbocycles. The fourth-order valence-electron chi connectivity index (χ4n) is 1.08. The molecule has 13 heavy (non-hydrogen) atoms. The Morgan fingerprint density at radius 2 is 2.31 bits per heavy atom. The van der Waals surface area contributed by atoms with Crippen molar-refractivity contribution in [1.82, 2.24) is 9.97 Å². The van der Waals surface area contributed by atoms with Gasteiger partial charge in [-0.05, 0) is 12.1 Å². The molecule has 1 heterocycles. The van der Waals surface area contributed by atoms with Crippen molar-refractivity contribution in [2.24, 2.45) is 0 Å². The van der Waals surface area contributed by atoms with E-state index in [-0.39, 0.29) is 0 Å². The van der Waals surface area contributed by atoms with E-state index in [1.807, 2.05) is 24.3 Å². The lowest BCUT2D eigenvalue weighted by Crippen LogP contribution is -1.67. The second-order valence-corrected chi connectivity index (χ2v) is 3.36. The molecule has 64 valence electrons. The highest BCUT2D eigenvalue weighted by molar-refractivity contribution is 8.02. The van der Waals surface area contributed by atoms with Crippen molar-refractivity contribution in [3.63, 3.8) is 0 Å². The Morgan fingerprint density at radius 3 is 3.08 bits per heavy atom. The van der Waals surface area contributed by atoms with Crippen molar-refractivity contribution in [3.05, 3.63) is 42.0 Å². The van der Waals surface area contributed by atoms with Gasteiger partial charge in [-0.3, -0.25) is 0 Å². The highest BCUT2D eigenvalue weighted by atomic mass is 32.2. The number of H-pyrrole nitrogens is 1. The summed E-state index contributed by atoms with van der Waals surface area (Å²) in [6.45, 7) is 3.49. The van der Waals surface area contributed by atoms with E-state index in [0.717, 1.165) is 16.2 Å². The third-order valence-corrected chi connectivity index (χ3v) is 2.32. The number of rotatable bonds is 2. The van der Waals surface area contributed by atoms with E-state index < -0.39 is 0 Å². The van der Waals surface area contributed by atoms with Crippen LogP contribution in [0.25, 0.3) is 11.0 Å². The van der Waals surface area contributed by atoms with E-state index >= 15 is 0 Å². The number of imidazole rings is 1. The van der Waals surface area contributed by atoms with Gasteiger partial charge in [-0.15, -0.1) is 5.73 Å². The van der Waals surface area contributed by atoms with Crippen LogP contribution in [0.5, 0.6) is 0 Å².